The smallest absolute Gasteiger partial charge is 0.333 e. The van der Waals surface area contributed by atoms with Crippen molar-refractivity contribution in [2.45, 2.75) is 72.3 Å². The van der Waals surface area contributed by atoms with Crippen LogP contribution in [0.3, 0.4) is 0 Å². The number of rotatable bonds is 7. The van der Waals surface area contributed by atoms with Gasteiger partial charge < -0.3 is 4.74 Å². The maximum atomic E-state index is 11.8. The van der Waals surface area contributed by atoms with Crippen LogP contribution >= 0.6 is 0 Å². The second-order valence-corrected chi connectivity index (χ2v) is 4.58. The number of carbonyl (C=O) groups is 1. The molecule has 0 aliphatic carbocycles. The predicted octanol–water partition coefficient (Wildman–Crippen LogP) is 4.24. The first-order valence-corrected chi connectivity index (χ1v) is 6.39. The van der Waals surface area contributed by atoms with E-state index in [1.807, 2.05) is 33.8 Å². The monoisotopic (exact) mass is 226 g/mol. The summed E-state index contributed by atoms with van der Waals surface area (Å²) in [6.07, 6.45) is 6.95. The second kappa shape index (κ2) is 7.48. The summed E-state index contributed by atoms with van der Waals surface area (Å²) in [5, 5.41) is 0. The molecule has 0 spiro atoms. The van der Waals surface area contributed by atoms with Gasteiger partial charge in [-0.2, -0.15) is 0 Å². The molecule has 0 aromatic heterocycles. The number of unbranched alkanes of at least 4 members (excludes halogenated alkanes) is 2. The molecule has 16 heavy (non-hydrogen) atoms. The van der Waals surface area contributed by atoms with Crippen LogP contribution in [0.15, 0.2) is 11.6 Å². The second-order valence-electron chi connectivity index (χ2n) is 4.58. The minimum Gasteiger partial charge on any atom is -0.456 e. The first-order valence-electron chi connectivity index (χ1n) is 6.39. The van der Waals surface area contributed by atoms with Crippen LogP contribution in [-0.2, 0) is 9.53 Å². The number of hydrogen-bond acceptors (Lipinski definition) is 2. The highest BCUT2D eigenvalue weighted by molar-refractivity contribution is 5.88. The lowest BCUT2D eigenvalue weighted by molar-refractivity contribution is -0.153. The van der Waals surface area contributed by atoms with E-state index in [4.69, 9.17) is 4.74 Å². The SMILES string of the molecule is CCCCC=C(C)C(=O)OC(C)(CC)CC. The molecule has 0 fully saturated rings. The Hall–Kier alpha value is -0.790. The van der Waals surface area contributed by atoms with Crippen molar-refractivity contribution in [1.29, 1.82) is 0 Å². The van der Waals surface area contributed by atoms with Crippen molar-refractivity contribution in [3.8, 4) is 0 Å². The van der Waals surface area contributed by atoms with E-state index < -0.39 is 0 Å². The fourth-order valence-corrected chi connectivity index (χ4v) is 1.30. The molecule has 0 aromatic rings. The Morgan fingerprint density at radius 3 is 2.25 bits per heavy atom. The molecule has 0 N–H and O–H groups in total. The summed E-state index contributed by atoms with van der Waals surface area (Å²) in [5.41, 5.74) is 0.429. The molecule has 0 aliphatic heterocycles. The summed E-state index contributed by atoms with van der Waals surface area (Å²) in [5.74, 6) is -0.165. The molecule has 0 aliphatic rings. The molecule has 0 aromatic carbocycles. The average molecular weight is 226 g/mol. The van der Waals surface area contributed by atoms with E-state index in [1.54, 1.807) is 0 Å². The predicted molar refractivity (Wildman–Crippen MR) is 68.4 cm³/mol. The van der Waals surface area contributed by atoms with E-state index in [-0.39, 0.29) is 11.6 Å². The van der Waals surface area contributed by atoms with E-state index >= 15 is 0 Å². The third-order valence-corrected chi connectivity index (χ3v) is 3.17. The number of esters is 1. The summed E-state index contributed by atoms with van der Waals surface area (Å²) in [6, 6.07) is 0. The van der Waals surface area contributed by atoms with Crippen molar-refractivity contribution in [2.75, 3.05) is 0 Å². The maximum absolute atomic E-state index is 11.8. The Morgan fingerprint density at radius 1 is 1.25 bits per heavy atom. The molecule has 0 atom stereocenters. The van der Waals surface area contributed by atoms with Gasteiger partial charge in [-0.15, -0.1) is 0 Å². The summed E-state index contributed by atoms with van der Waals surface area (Å²) < 4.78 is 5.52. The van der Waals surface area contributed by atoms with E-state index in [2.05, 4.69) is 6.92 Å². The van der Waals surface area contributed by atoms with Crippen molar-refractivity contribution in [3.63, 3.8) is 0 Å². The van der Waals surface area contributed by atoms with Crippen LogP contribution in [0.1, 0.15) is 66.7 Å². The van der Waals surface area contributed by atoms with Gasteiger partial charge in [-0.25, -0.2) is 4.79 Å². The van der Waals surface area contributed by atoms with Gasteiger partial charge in [0.05, 0.1) is 0 Å². The maximum Gasteiger partial charge on any atom is 0.333 e. The van der Waals surface area contributed by atoms with E-state index in [1.165, 1.54) is 0 Å². The molecule has 94 valence electrons. The van der Waals surface area contributed by atoms with Crippen LogP contribution in [0.5, 0.6) is 0 Å². The molecule has 0 rings (SSSR count). The number of carbonyl (C=O) groups excluding carboxylic acids is 1. The van der Waals surface area contributed by atoms with Gasteiger partial charge in [-0.1, -0.05) is 39.7 Å². The first-order chi connectivity index (χ1) is 7.49. The number of ether oxygens (including phenoxy) is 1. The third kappa shape index (κ3) is 5.34. The highest BCUT2D eigenvalue weighted by atomic mass is 16.6. The molecule has 0 saturated carbocycles. The average Bonchev–Trinajstić information content (AvgIpc) is 2.29. The Bertz CT molecular complexity index is 237. The minimum atomic E-state index is -0.309. The standard InChI is InChI=1S/C14H26O2/c1-6-9-10-11-12(4)13(15)16-14(5,7-2)8-3/h11H,6-10H2,1-5H3. The van der Waals surface area contributed by atoms with E-state index in [0.717, 1.165) is 37.7 Å². The molecule has 0 bridgehead atoms. The van der Waals surface area contributed by atoms with Crippen molar-refractivity contribution in [3.05, 3.63) is 11.6 Å². The van der Waals surface area contributed by atoms with Gasteiger partial charge in [0, 0.05) is 5.57 Å². The molecule has 2 heteroatoms. The van der Waals surface area contributed by atoms with Gasteiger partial charge in [0.1, 0.15) is 5.60 Å². The molecule has 0 heterocycles. The Balaban J connectivity index is 4.29. The van der Waals surface area contributed by atoms with Crippen LogP contribution in [0.4, 0.5) is 0 Å². The van der Waals surface area contributed by atoms with E-state index in [9.17, 15) is 4.79 Å². The topological polar surface area (TPSA) is 26.3 Å². The van der Waals surface area contributed by atoms with Gasteiger partial charge in [0.15, 0.2) is 0 Å². The third-order valence-electron chi connectivity index (χ3n) is 3.17. The zero-order valence-corrected chi connectivity index (χ0v) is 11.4. The van der Waals surface area contributed by atoms with Gasteiger partial charge in [-0.3, -0.25) is 0 Å². The normalized spacial score (nSPS) is 12.7. The number of hydrogen-bond donors (Lipinski definition) is 0. The molecule has 0 radical (unpaired) electrons. The van der Waals surface area contributed by atoms with Crippen LogP contribution < -0.4 is 0 Å². The highest BCUT2D eigenvalue weighted by Gasteiger charge is 2.24. The summed E-state index contributed by atoms with van der Waals surface area (Å²) in [4.78, 5) is 11.8. The molecule has 2 nitrogen and oxygen atoms in total. The summed E-state index contributed by atoms with van der Waals surface area (Å²) >= 11 is 0. The number of allylic oxidation sites excluding steroid dienone is 1. The van der Waals surface area contributed by atoms with Crippen molar-refractivity contribution in [1.82, 2.24) is 0 Å². The Kier molecular flexibility index (Phi) is 7.11. The van der Waals surface area contributed by atoms with Crippen LogP contribution in [0.25, 0.3) is 0 Å². The van der Waals surface area contributed by atoms with E-state index in [0.29, 0.717) is 0 Å². The summed E-state index contributed by atoms with van der Waals surface area (Å²) in [7, 11) is 0. The lowest BCUT2D eigenvalue weighted by Crippen LogP contribution is -2.30. The lowest BCUT2D eigenvalue weighted by atomic mass is 10.00. The molecular formula is C14H26O2. The zero-order chi connectivity index (χ0) is 12.6. The quantitative estimate of drug-likeness (QED) is 0.368. The van der Waals surface area contributed by atoms with Crippen LogP contribution in [-0.4, -0.2) is 11.6 Å². The summed E-state index contributed by atoms with van der Waals surface area (Å²) in [6.45, 7) is 10.1. The van der Waals surface area contributed by atoms with Crippen LogP contribution in [0.2, 0.25) is 0 Å². The molecule has 0 amide bonds. The zero-order valence-electron chi connectivity index (χ0n) is 11.4. The van der Waals surface area contributed by atoms with Crippen molar-refractivity contribution >= 4 is 5.97 Å². The van der Waals surface area contributed by atoms with Gasteiger partial charge >= 0.3 is 5.97 Å². The molecule has 0 unspecified atom stereocenters. The molecule has 0 saturated heterocycles. The van der Waals surface area contributed by atoms with Gasteiger partial charge in [-0.05, 0) is 33.1 Å². The largest absolute Gasteiger partial charge is 0.456 e. The van der Waals surface area contributed by atoms with Crippen molar-refractivity contribution in [2.24, 2.45) is 0 Å². The highest BCUT2D eigenvalue weighted by Crippen LogP contribution is 2.21. The lowest BCUT2D eigenvalue weighted by Gasteiger charge is -2.27. The van der Waals surface area contributed by atoms with Gasteiger partial charge in [0.2, 0.25) is 0 Å². The van der Waals surface area contributed by atoms with Crippen LogP contribution in [0, 0.1) is 0 Å². The minimum absolute atomic E-state index is 0.165. The van der Waals surface area contributed by atoms with Crippen molar-refractivity contribution < 1.29 is 9.53 Å². The molecular weight excluding hydrogens is 200 g/mol. The first kappa shape index (κ1) is 15.2. The Labute approximate surface area is 100 Å². The Morgan fingerprint density at radius 2 is 1.81 bits per heavy atom. The fraction of sp³-hybridized carbons (Fsp3) is 0.786. The van der Waals surface area contributed by atoms with Gasteiger partial charge in [0.25, 0.3) is 0 Å². The fourth-order valence-electron chi connectivity index (χ4n) is 1.30.